The Labute approximate surface area is 101 Å². The van der Waals surface area contributed by atoms with Crippen molar-refractivity contribution in [3.05, 3.63) is 42.1 Å². The van der Waals surface area contributed by atoms with E-state index >= 15 is 0 Å². The van der Waals surface area contributed by atoms with Crippen molar-refractivity contribution in [3.63, 3.8) is 0 Å². The number of aryl methyl sites for hydroxylation is 1. The molecule has 0 bridgehead atoms. The topological polar surface area (TPSA) is 38.7 Å². The largest absolute Gasteiger partial charge is 0.262 e. The van der Waals surface area contributed by atoms with Gasteiger partial charge in [-0.1, -0.05) is 0 Å². The van der Waals surface area contributed by atoms with Crippen LogP contribution in [0.25, 0.3) is 20.9 Å². The summed E-state index contributed by atoms with van der Waals surface area (Å²) < 4.78 is 14.7. The van der Waals surface area contributed by atoms with Gasteiger partial charge >= 0.3 is 0 Å². The average molecular weight is 245 g/mol. The number of hydrogen-bond donors (Lipinski definition) is 0. The molecule has 0 aliphatic heterocycles. The number of pyridine rings is 2. The highest BCUT2D eigenvalue weighted by Crippen LogP contribution is 2.29. The van der Waals surface area contributed by atoms with Gasteiger partial charge in [-0.05, 0) is 25.1 Å². The van der Waals surface area contributed by atoms with E-state index in [4.69, 9.17) is 0 Å². The van der Waals surface area contributed by atoms with E-state index in [0.717, 1.165) is 15.9 Å². The lowest BCUT2D eigenvalue weighted by Gasteiger charge is -1.98. The lowest BCUT2D eigenvalue weighted by molar-refractivity contribution is 0.624. The Bertz CT molecular complexity index is 660. The predicted octanol–water partition coefficient (Wildman–Crippen LogP) is 3.20. The SMILES string of the molecule is Cc1ccc(F)c(-c2nc3cnccc3s2)n1. The molecule has 3 aromatic heterocycles. The van der Waals surface area contributed by atoms with Crippen LogP contribution in [-0.2, 0) is 0 Å². The van der Waals surface area contributed by atoms with Crippen LogP contribution in [0.4, 0.5) is 4.39 Å². The van der Waals surface area contributed by atoms with Crippen molar-refractivity contribution in [1.82, 2.24) is 15.0 Å². The highest BCUT2D eigenvalue weighted by Gasteiger charge is 2.12. The van der Waals surface area contributed by atoms with Crippen LogP contribution in [0.2, 0.25) is 0 Å². The molecule has 0 spiro atoms. The highest BCUT2D eigenvalue weighted by molar-refractivity contribution is 7.21. The Morgan fingerprint density at radius 1 is 1.18 bits per heavy atom. The monoisotopic (exact) mass is 245 g/mol. The van der Waals surface area contributed by atoms with Crippen LogP contribution in [0.15, 0.2) is 30.6 Å². The van der Waals surface area contributed by atoms with Crippen molar-refractivity contribution >= 4 is 21.6 Å². The zero-order chi connectivity index (χ0) is 11.8. The average Bonchev–Trinajstić information content (AvgIpc) is 2.75. The van der Waals surface area contributed by atoms with Crippen molar-refractivity contribution in [2.75, 3.05) is 0 Å². The number of thiazole rings is 1. The molecule has 3 heterocycles. The van der Waals surface area contributed by atoms with Crippen molar-refractivity contribution < 1.29 is 4.39 Å². The molecule has 3 rings (SSSR count). The van der Waals surface area contributed by atoms with Gasteiger partial charge in [0.15, 0.2) is 5.82 Å². The lowest BCUT2D eigenvalue weighted by Crippen LogP contribution is -1.90. The van der Waals surface area contributed by atoms with Gasteiger partial charge in [0.1, 0.15) is 16.2 Å². The maximum Gasteiger partial charge on any atom is 0.151 e. The zero-order valence-corrected chi connectivity index (χ0v) is 9.83. The van der Waals surface area contributed by atoms with Crippen LogP contribution >= 0.6 is 11.3 Å². The Kier molecular flexibility index (Phi) is 2.33. The maximum atomic E-state index is 13.7. The summed E-state index contributed by atoms with van der Waals surface area (Å²) in [5.74, 6) is -0.345. The van der Waals surface area contributed by atoms with Crippen LogP contribution < -0.4 is 0 Å². The summed E-state index contributed by atoms with van der Waals surface area (Å²) >= 11 is 1.42. The number of halogens is 1. The standard InChI is InChI=1S/C12H8FN3S/c1-7-2-3-8(13)11(15-7)12-16-9-6-14-5-4-10(9)17-12/h2-6H,1H3. The van der Waals surface area contributed by atoms with E-state index in [-0.39, 0.29) is 5.82 Å². The fourth-order valence-electron chi connectivity index (χ4n) is 1.57. The van der Waals surface area contributed by atoms with Crippen molar-refractivity contribution in [1.29, 1.82) is 0 Å². The second-order valence-electron chi connectivity index (χ2n) is 3.65. The molecule has 0 unspecified atom stereocenters. The molecular weight excluding hydrogens is 237 g/mol. The zero-order valence-electron chi connectivity index (χ0n) is 9.01. The van der Waals surface area contributed by atoms with Crippen LogP contribution in [0.1, 0.15) is 5.69 Å². The molecule has 0 aliphatic carbocycles. The second kappa shape index (κ2) is 3.85. The first-order valence-corrected chi connectivity index (χ1v) is 5.90. The molecule has 0 amide bonds. The van der Waals surface area contributed by atoms with Gasteiger partial charge in [-0.2, -0.15) is 0 Å². The molecule has 3 aromatic rings. The number of hydrogen-bond acceptors (Lipinski definition) is 4. The van der Waals surface area contributed by atoms with Crippen LogP contribution in [0.5, 0.6) is 0 Å². The number of rotatable bonds is 1. The van der Waals surface area contributed by atoms with Crippen LogP contribution in [0.3, 0.4) is 0 Å². The summed E-state index contributed by atoms with van der Waals surface area (Å²) in [6, 6.07) is 4.93. The Morgan fingerprint density at radius 3 is 2.88 bits per heavy atom. The molecule has 5 heteroatoms. The number of fused-ring (bicyclic) bond motifs is 1. The fourth-order valence-corrected chi connectivity index (χ4v) is 2.49. The molecule has 0 radical (unpaired) electrons. The van der Waals surface area contributed by atoms with E-state index in [0.29, 0.717) is 10.7 Å². The summed E-state index contributed by atoms with van der Waals surface area (Å²) in [4.78, 5) is 12.5. The molecule has 0 saturated carbocycles. The van der Waals surface area contributed by atoms with Gasteiger partial charge in [0.05, 0.1) is 10.9 Å². The molecule has 0 aliphatic rings. The van der Waals surface area contributed by atoms with Crippen molar-refractivity contribution in [2.45, 2.75) is 6.92 Å². The summed E-state index contributed by atoms with van der Waals surface area (Å²) in [6.07, 6.45) is 3.37. The van der Waals surface area contributed by atoms with Crippen molar-refractivity contribution in [3.8, 4) is 10.7 Å². The molecule has 17 heavy (non-hydrogen) atoms. The van der Waals surface area contributed by atoms with E-state index in [1.54, 1.807) is 18.5 Å². The van der Waals surface area contributed by atoms with E-state index in [2.05, 4.69) is 15.0 Å². The first-order chi connectivity index (χ1) is 8.24. The molecule has 84 valence electrons. The van der Waals surface area contributed by atoms with Gasteiger partial charge in [-0.25, -0.2) is 14.4 Å². The van der Waals surface area contributed by atoms with Gasteiger partial charge in [0, 0.05) is 11.9 Å². The van der Waals surface area contributed by atoms with Gasteiger partial charge < -0.3 is 0 Å². The smallest absolute Gasteiger partial charge is 0.151 e. The Hall–Kier alpha value is -1.88. The summed E-state index contributed by atoms with van der Waals surface area (Å²) in [5.41, 5.74) is 1.86. The molecule has 0 fully saturated rings. The van der Waals surface area contributed by atoms with E-state index in [1.165, 1.54) is 17.4 Å². The number of nitrogens with zero attached hydrogens (tertiary/aromatic N) is 3. The van der Waals surface area contributed by atoms with Gasteiger partial charge in [0.2, 0.25) is 0 Å². The molecule has 0 atom stereocenters. The van der Waals surface area contributed by atoms with Crippen LogP contribution in [0, 0.1) is 12.7 Å². The third-order valence-electron chi connectivity index (χ3n) is 2.38. The first-order valence-electron chi connectivity index (χ1n) is 5.08. The molecule has 0 saturated heterocycles. The maximum absolute atomic E-state index is 13.7. The summed E-state index contributed by atoms with van der Waals surface area (Å²) in [5, 5.41) is 0.592. The van der Waals surface area contributed by atoms with Gasteiger partial charge in [-0.15, -0.1) is 11.3 Å². The van der Waals surface area contributed by atoms with E-state index in [1.807, 2.05) is 13.0 Å². The minimum atomic E-state index is -0.345. The Morgan fingerprint density at radius 2 is 2.06 bits per heavy atom. The van der Waals surface area contributed by atoms with Gasteiger partial charge in [-0.3, -0.25) is 4.98 Å². The van der Waals surface area contributed by atoms with Crippen LogP contribution in [-0.4, -0.2) is 15.0 Å². The third kappa shape index (κ3) is 1.78. The minimum Gasteiger partial charge on any atom is -0.262 e. The fraction of sp³-hybridized carbons (Fsp3) is 0.0833. The highest BCUT2D eigenvalue weighted by atomic mass is 32.1. The van der Waals surface area contributed by atoms with Crippen molar-refractivity contribution in [2.24, 2.45) is 0 Å². The minimum absolute atomic E-state index is 0.311. The number of aromatic nitrogens is 3. The first kappa shape index (κ1) is 10.3. The second-order valence-corrected chi connectivity index (χ2v) is 4.68. The third-order valence-corrected chi connectivity index (χ3v) is 3.42. The summed E-state index contributed by atoms with van der Waals surface area (Å²) in [6.45, 7) is 1.83. The van der Waals surface area contributed by atoms with E-state index < -0.39 is 0 Å². The summed E-state index contributed by atoms with van der Waals surface area (Å²) in [7, 11) is 0. The normalized spacial score (nSPS) is 10.9. The molecule has 0 aromatic carbocycles. The quantitative estimate of drug-likeness (QED) is 0.660. The molecular formula is C12H8FN3S. The predicted molar refractivity (Wildman–Crippen MR) is 65.3 cm³/mol. The molecule has 3 nitrogen and oxygen atoms in total. The Balaban J connectivity index is 2.23. The van der Waals surface area contributed by atoms with E-state index in [9.17, 15) is 4.39 Å². The lowest BCUT2D eigenvalue weighted by atomic mass is 10.3. The molecule has 0 N–H and O–H groups in total. The van der Waals surface area contributed by atoms with Gasteiger partial charge in [0.25, 0.3) is 0 Å².